The highest BCUT2D eigenvalue weighted by Crippen LogP contribution is 2.20. The Balaban J connectivity index is 1.46. The van der Waals surface area contributed by atoms with Crippen LogP contribution in [0.15, 0.2) is 54.6 Å². The van der Waals surface area contributed by atoms with Gasteiger partial charge in [-0.05, 0) is 23.3 Å². The zero-order valence-corrected chi connectivity index (χ0v) is 15.3. The van der Waals surface area contributed by atoms with Crippen molar-refractivity contribution in [3.05, 3.63) is 65.7 Å². The van der Waals surface area contributed by atoms with E-state index in [0.717, 1.165) is 12.1 Å². The van der Waals surface area contributed by atoms with E-state index >= 15 is 0 Å². The van der Waals surface area contributed by atoms with Crippen molar-refractivity contribution < 1.29 is 19.4 Å². The Bertz CT molecular complexity index is 717. The van der Waals surface area contributed by atoms with Crippen LogP contribution in [0.5, 0.6) is 5.75 Å². The van der Waals surface area contributed by atoms with Gasteiger partial charge in [0.2, 0.25) is 5.91 Å². The normalized spacial score (nSPS) is 17.9. The molecular formula is C21H26N2O4. The number of hydrogen-bond acceptors (Lipinski definition) is 5. The van der Waals surface area contributed by atoms with Crippen molar-refractivity contribution in [2.75, 3.05) is 26.3 Å². The second-order valence-corrected chi connectivity index (χ2v) is 6.60. The van der Waals surface area contributed by atoms with E-state index in [0.29, 0.717) is 37.6 Å². The van der Waals surface area contributed by atoms with E-state index in [2.05, 4.69) is 10.6 Å². The first-order valence-corrected chi connectivity index (χ1v) is 9.23. The molecule has 1 saturated heterocycles. The number of rotatable bonds is 8. The maximum Gasteiger partial charge on any atom is 0.221 e. The highest BCUT2D eigenvalue weighted by Gasteiger charge is 2.17. The summed E-state index contributed by atoms with van der Waals surface area (Å²) in [6.45, 7) is 2.61. The van der Waals surface area contributed by atoms with Crippen molar-refractivity contribution in [1.82, 2.24) is 10.6 Å². The Morgan fingerprint density at radius 1 is 1.26 bits per heavy atom. The summed E-state index contributed by atoms with van der Waals surface area (Å²) < 4.78 is 11.1. The van der Waals surface area contributed by atoms with Crippen LogP contribution in [-0.2, 0) is 16.1 Å². The average molecular weight is 370 g/mol. The molecular weight excluding hydrogens is 344 g/mol. The molecule has 0 bridgehead atoms. The minimum Gasteiger partial charge on any atom is -0.489 e. The van der Waals surface area contributed by atoms with Crippen LogP contribution in [0.2, 0.25) is 0 Å². The molecule has 0 radical (unpaired) electrons. The Morgan fingerprint density at radius 2 is 2.11 bits per heavy atom. The quantitative estimate of drug-likeness (QED) is 0.660. The Kier molecular flexibility index (Phi) is 7.21. The highest BCUT2D eigenvalue weighted by molar-refractivity contribution is 5.76. The molecule has 6 heteroatoms. The third kappa shape index (κ3) is 6.36. The molecule has 2 unspecified atom stereocenters. The van der Waals surface area contributed by atoms with Crippen LogP contribution < -0.4 is 15.4 Å². The third-order valence-corrected chi connectivity index (χ3v) is 4.41. The summed E-state index contributed by atoms with van der Waals surface area (Å²) in [4.78, 5) is 12.0. The molecule has 0 aromatic heterocycles. The molecule has 1 amide bonds. The maximum absolute atomic E-state index is 12.0. The van der Waals surface area contributed by atoms with Crippen LogP contribution in [0.25, 0.3) is 0 Å². The summed E-state index contributed by atoms with van der Waals surface area (Å²) in [5.74, 6) is 0.582. The lowest BCUT2D eigenvalue weighted by Gasteiger charge is -2.23. The predicted molar refractivity (Wildman–Crippen MR) is 102 cm³/mol. The van der Waals surface area contributed by atoms with E-state index in [9.17, 15) is 9.90 Å². The van der Waals surface area contributed by atoms with Crippen molar-refractivity contribution in [2.24, 2.45) is 0 Å². The highest BCUT2D eigenvalue weighted by atomic mass is 16.5. The first-order chi connectivity index (χ1) is 13.2. The van der Waals surface area contributed by atoms with Gasteiger partial charge in [0, 0.05) is 25.6 Å². The SMILES string of the molecule is O=C(CC1COCCN1)NCC(O)c1cccc(OCc2ccccc2)c1. The topological polar surface area (TPSA) is 79.8 Å². The van der Waals surface area contributed by atoms with Gasteiger partial charge in [0.25, 0.3) is 0 Å². The zero-order valence-electron chi connectivity index (χ0n) is 15.3. The molecule has 27 heavy (non-hydrogen) atoms. The summed E-state index contributed by atoms with van der Waals surface area (Å²) in [6.07, 6.45) is -0.447. The summed E-state index contributed by atoms with van der Waals surface area (Å²) in [5.41, 5.74) is 1.79. The standard InChI is InChI=1S/C21H26N2O4/c24-20(13-23-21(25)12-18-15-26-10-9-22-18)17-7-4-8-19(11-17)27-14-16-5-2-1-3-6-16/h1-8,11,18,20,22,24H,9-10,12-15H2,(H,23,25). The van der Waals surface area contributed by atoms with Gasteiger partial charge in [0.05, 0.1) is 19.3 Å². The second kappa shape index (κ2) is 10.1. The number of nitrogens with one attached hydrogen (secondary N) is 2. The minimum atomic E-state index is -0.787. The van der Waals surface area contributed by atoms with Crippen LogP contribution >= 0.6 is 0 Å². The van der Waals surface area contributed by atoms with Gasteiger partial charge in [0.1, 0.15) is 12.4 Å². The number of aliphatic hydroxyl groups is 1. The van der Waals surface area contributed by atoms with Gasteiger partial charge in [-0.2, -0.15) is 0 Å². The van der Waals surface area contributed by atoms with Gasteiger partial charge in [0.15, 0.2) is 0 Å². The lowest BCUT2D eigenvalue weighted by atomic mass is 10.1. The first-order valence-electron chi connectivity index (χ1n) is 9.23. The second-order valence-electron chi connectivity index (χ2n) is 6.60. The van der Waals surface area contributed by atoms with Crippen molar-refractivity contribution in [2.45, 2.75) is 25.2 Å². The smallest absolute Gasteiger partial charge is 0.221 e. The van der Waals surface area contributed by atoms with E-state index in [1.165, 1.54) is 0 Å². The molecule has 0 spiro atoms. The molecule has 1 heterocycles. The summed E-state index contributed by atoms with van der Waals surface area (Å²) in [5, 5.41) is 16.4. The van der Waals surface area contributed by atoms with Crippen molar-refractivity contribution in [3.63, 3.8) is 0 Å². The maximum atomic E-state index is 12.0. The molecule has 2 aromatic rings. The van der Waals surface area contributed by atoms with Gasteiger partial charge >= 0.3 is 0 Å². The van der Waals surface area contributed by atoms with Gasteiger partial charge in [-0.1, -0.05) is 42.5 Å². The number of benzene rings is 2. The minimum absolute atomic E-state index is 0.0330. The molecule has 3 rings (SSSR count). The predicted octanol–water partition coefficient (Wildman–Crippen LogP) is 1.79. The molecule has 2 atom stereocenters. The fourth-order valence-corrected chi connectivity index (χ4v) is 2.93. The van der Waals surface area contributed by atoms with E-state index in [4.69, 9.17) is 9.47 Å². The fraction of sp³-hybridized carbons (Fsp3) is 0.381. The lowest BCUT2D eigenvalue weighted by Crippen LogP contribution is -2.44. The molecule has 2 aromatic carbocycles. The molecule has 0 aliphatic carbocycles. The van der Waals surface area contributed by atoms with Gasteiger partial charge in [-0.25, -0.2) is 0 Å². The summed E-state index contributed by atoms with van der Waals surface area (Å²) in [7, 11) is 0. The molecule has 3 N–H and O–H groups in total. The van der Waals surface area contributed by atoms with Crippen LogP contribution in [0, 0.1) is 0 Å². The zero-order chi connectivity index (χ0) is 18.9. The molecule has 144 valence electrons. The molecule has 1 aliphatic heterocycles. The largest absolute Gasteiger partial charge is 0.489 e. The number of carbonyl (C=O) groups is 1. The number of aliphatic hydroxyl groups excluding tert-OH is 1. The Morgan fingerprint density at radius 3 is 2.89 bits per heavy atom. The number of morpholine rings is 1. The van der Waals surface area contributed by atoms with E-state index < -0.39 is 6.10 Å². The van der Waals surface area contributed by atoms with Crippen LogP contribution in [-0.4, -0.2) is 43.4 Å². The molecule has 1 fully saturated rings. The summed E-state index contributed by atoms with van der Waals surface area (Å²) in [6, 6.07) is 17.3. The number of hydrogen-bond donors (Lipinski definition) is 3. The van der Waals surface area contributed by atoms with Crippen LogP contribution in [0.1, 0.15) is 23.7 Å². The van der Waals surface area contributed by atoms with E-state index in [1.54, 1.807) is 6.07 Å². The Hall–Kier alpha value is -2.41. The number of amides is 1. The molecule has 1 aliphatic rings. The van der Waals surface area contributed by atoms with Crippen LogP contribution in [0.3, 0.4) is 0 Å². The van der Waals surface area contributed by atoms with Crippen LogP contribution in [0.4, 0.5) is 0 Å². The van der Waals surface area contributed by atoms with E-state index in [1.807, 2.05) is 48.5 Å². The third-order valence-electron chi connectivity index (χ3n) is 4.41. The Labute approximate surface area is 159 Å². The lowest BCUT2D eigenvalue weighted by molar-refractivity contribution is -0.122. The number of carbonyl (C=O) groups excluding carboxylic acids is 1. The van der Waals surface area contributed by atoms with Crippen molar-refractivity contribution in [3.8, 4) is 5.75 Å². The van der Waals surface area contributed by atoms with Crippen molar-refractivity contribution in [1.29, 1.82) is 0 Å². The average Bonchev–Trinajstić information content (AvgIpc) is 2.72. The first kappa shape index (κ1) is 19.4. The molecule has 6 nitrogen and oxygen atoms in total. The fourth-order valence-electron chi connectivity index (χ4n) is 2.93. The van der Waals surface area contributed by atoms with E-state index in [-0.39, 0.29) is 18.5 Å². The monoisotopic (exact) mass is 370 g/mol. The van der Waals surface area contributed by atoms with Crippen molar-refractivity contribution >= 4 is 5.91 Å². The number of ether oxygens (including phenoxy) is 2. The van der Waals surface area contributed by atoms with Gasteiger partial charge in [-0.15, -0.1) is 0 Å². The summed E-state index contributed by atoms with van der Waals surface area (Å²) >= 11 is 0. The van der Waals surface area contributed by atoms with Gasteiger partial charge < -0.3 is 25.2 Å². The molecule has 0 saturated carbocycles. The van der Waals surface area contributed by atoms with Gasteiger partial charge in [-0.3, -0.25) is 4.79 Å².